The minimum absolute atomic E-state index is 0.223. The fraction of sp³-hybridized carbons (Fsp3) is 0.222. The Hall–Kier alpha value is -2.29. The van der Waals surface area contributed by atoms with Crippen LogP contribution < -0.4 is 4.72 Å². The van der Waals surface area contributed by atoms with Gasteiger partial charge in [-0.25, -0.2) is 13.4 Å². The topological polar surface area (TPSA) is 75.2 Å². The maximum atomic E-state index is 12.7. The van der Waals surface area contributed by atoms with Gasteiger partial charge in [0.25, 0.3) is 10.0 Å². The molecule has 1 aromatic carbocycles. The predicted molar refractivity (Wildman–Crippen MR) is 103 cm³/mol. The second-order valence-electron chi connectivity index (χ2n) is 6.24. The van der Waals surface area contributed by atoms with Gasteiger partial charge >= 0.3 is 0 Å². The molecule has 0 radical (unpaired) electrons. The molecule has 0 unspecified atom stereocenters. The number of nitrogens with zero attached hydrogens (tertiary/aromatic N) is 3. The lowest BCUT2D eigenvalue weighted by molar-refractivity contribution is 0.314. The second kappa shape index (κ2) is 6.79. The zero-order valence-corrected chi connectivity index (χ0v) is 15.8. The van der Waals surface area contributed by atoms with Gasteiger partial charge < -0.3 is 4.90 Å². The smallest absolute Gasteiger partial charge is 0.263 e. The molecule has 3 heterocycles. The summed E-state index contributed by atoms with van der Waals surface area (Å²) in [6.07, 6.45) is 4.27. The van der Waals surface area contributed by atoms with Crippen LogP contribution >= 0.6 is 11.3 Å². The maximum absolute atomic E-state index is 12.7. The predicted octanol–water partition coefficient (Wildman–Crippen LogP) is 2.99. The molecular weight excluding hydrogens is 368 g/mol. The van der Waals surface area contributed by atoms with E-state index < -0.39 is 10.0 Å². The minimum atomic E-state index is -3.65. The number of rotatable bonds is 4. The van der Waals surface area contributed by atoms with Gasteiger partial charge in [-0.3, -0.25) is 9.71 Å². The van der Waals surface area contributed by atoms with Gasteiger partial charge in [-0.1, -0.05) is 23.5 Å². The zero-order chi connectivity index (χ0) is 18.1. The van der Waals surface area contributed by atoms with Crippen LogP contribution in [-0.2, 0) is 23.0 Å². The van der Waals surface area contributed by atoms with Gasteiger partial charge in [-0.2, -0.15) is 0 Å². The third-order valence-electron chi connectivity index (χ3n) is 4.32. The van der Waals surface area contributed by atoms with Crippen molar-refractivity contribution in [3.63, 3.8) is 0 Å². The lowest BCUT2D eigenvalue weighted by Crippen LogP contribution is -2.25. The van der Waals surface area contributed by atoms with E-state index in [1.807, 2.05) is 12.1 Å². The molecule has 0 atom stereocenters. The first-order valence-corrected chi connectivity index (χ1v) is 10.5. The Kier molecular flexibility index (Phi) is 4.47. The Labute approximate surface area is 156 Å². The van der Waals surface area contributed by atoms with Crippen molar-refractivity contribution in [2.45, 2.75) is 17.9 Å². The van der Waals surface area contributed by atoms with E-state index in [1.54, 1.807) is 36.7 Å². The number of hydrogen-bond acceptors (Lipinski definition) is 6. The lowest BCUT2D eigenvalue weighted by Gasteiger charge is -2.20. The number of anilines is 1. The Morgan fingerprint density at radius 1 is 1.08 bits per heavy atom. The maximum Gasteiger partial charge on any atom is 0.263 e. The van der Waals surface area contributed by atoms with Gasteiger partial charge in [0.1, 0.15) is 0 Å². The molecule has 4 rings (SSSR count). The molecule has 0 fully saturated rings. The summed E-state index contributed by atoms with van der Waals surface area (Å²) in [7, 11) is -1.60. The second-order valence-corrected chi connectivity index (χ2v) is 9.01. The first-order valence-electron chi connectivity index (χ1n) is 8.22. The molecule has 8 heteroatoms. The number of likely N-dealkylation sites (N-methyl/N-ethyl adjacent to an activating group) is 1. The first kappa shape index (κ1) is 17.1. The fourth-order valence-electron chi connectivity index (χ4n) is 2.91. The average molecular weight is 387 g/mol. The molecule has 0 saturated heterocycles. The van der Waals surface area contributed by atoms with Crippen molar-refractivity contribution in [3.05, 3.63) is 59.4 Å². The van der Waals surface area contributed by atoms with E-state index in [0.717, 1.165) is 41.2 Å². The summed E-state index contributed by atoms with van der Waals surface area (Å²) in [6, 6.07) is 10.6. The van der Waals surface area contributed by atoms with E-state index >= 15 is 0 Å². The molecule has 0 spiro atoms. The molecule has 26 heavy (non-hydrogen) atoms. The molecule has 1 aliphatic heterocycles. The summed E-state index contributed by atoms with van der Waals surface area (Å²) in [5.74, 6) is 0. The van der Waals surface area contributed by atoms with Crippen molar-refractivity contribution in [3.8, 4) is 11.1 Å². The van der Waals surface area contributed by atoms with Gasteiger partial charge in [-0.05, 0) is 42.4 Å². The van der Waals surface area contributed by atoms with Crippen LogP contribution in [0, 0.1) is 0 Å². The summed E-state index contributed by atoms with van der Waals surface area (Å²) in [5, 5.41) is 0.434. The standard InChI is InChI=1S/C18H18N4O2S2/c1-22-11-8-16-17(12-22)25-18(20-16)21-26(23,24)15-4-2-13(3-5-15)14-6-9-19-10-7-14/h2-7,9-10H,8,11-12H2,1H3,(H,20,21). The van der Waals surface area contributed by atoms with Crippen molar-refractivity contribution in [1.29, 1.82) is 0 Å². The molecule has 134 valence electrons. The highest BCUT2D eigenvalue weighted by Gasteiger charge is 2.21. The third kappa shape index (κ3) is 3.48. The molecular formula is C18H18N4O2S2. The van der Waals surface area contributed by atoms with Crippen molar-refractivity contribution in [1.82, 2.24) is 14.9 Å². The average Bonchev–Trinajstić information content (AvgIpc) is 3.03. The van der Waals surface area contributed by atoms with Crippen LogP contribution in [-0.4, -0.2) is 36.9 Å². The normalized spacial score (nSPS) is 14.8. The van der Waals surface area contributed by atoms with Gasteiger partial charge in [0.2, 0.25) is 0 Å². The SMILES string of the molecule is CN1CCc2nc(NS(=O)(=O)c3ccc(-c4ccncc4)cc3)sc2C1. The number of thiazole rings is 1. The number of sulfonamides is 1. The Morgan fingerprint density at radius 3 is 2.50 bits per heavy atom. The van der Waals surface area contributed by atoms with Crippen LogP contribution in [0.1, 0.15) is 10.6 Å². The van der Waals surface area contributed by atoms with E-state index in [1.165, 1.54) is 11.3 Å². The van der Waals surface area contributed by atoms with Gasteiger partial charge in [0.05, 0.1) is 10.6 Å². The van der Waals surface area contributed by atoms with E-state index in [2.05, 4.69) is 26.6 Å². The van der Waals surface area contributed by atoms with Gasteiger partial charge in [-0.15, -0.1) is 0 Å². The van der Waals surface area contributed by atoms with Gasteiger partial charge in [0, 0.05) is 36.8 Å². The molecule has 0 amide bonds. The molecule has 0 saturated carbocycles. The highest BCUT2D eigenvalue weighted by Crippen LogP contribution is 2.29. The number of nitrogens with one attached hydrogen (secondary N) is 1. The molecule has 0 bridgehead atoms. The lowest BCUT2D eigenvalue weighted by atomic mass is 10.1. The quantitative estimate of drug-likeness (QED) is 0.746. The highest BCUT2D eigenvalue weighted by atomic mass is 32.2. The van der Waals surface area contributed by atoms with Crippen molar-refractivity contribution >= 4 is 26.5 Å². The van der Waals surface area contributed by atoms with Crippen LogP contribution in [0.5, 0.6) is 0 Å². The Bertz CT molecular complexity index is 1020. The summed E-state index contributed by atoms with van der Waals surface area (Å²) in [6.45, 7) is 1.76. The Morgan fingerprint density at radius 2 is 1.77 bits per heavy atom. The molecule has 1 aliphatic rings. The third-order valence-corrected chi connectivity index (χ3v) is 6.80. The van der Waals surface area contributed by atoms with E-state index in [9.17, 15) is 8.42 Å². The molecule has 1 N–H and O–H groups in total. The van der Waals surface area contributed by atoms with Crippen LogP contribution in [0.2, 0.25) is 0 Å². The largest absolute Gasteiger partial charge is 0.301 e. The molecule has 2 aromatic heterocycles. The van der Waals surface area contributed by atoms with Crippen LogP contribution in [0.4, 0.5) is 5.13 Å². The van der Waals surface area contributed by atoms with Crippen LogP contribution in [0.3, 0.4) is 0 Å². The van der Waals surface area contributed by atoms with Crippen molar-refractivity contribution in [2.75, 3.05) is 18.3 Å². The number of hydrogen-bond donors (Lipinski definition) is 1. The summed E-state index contributed by atoms with van der Waals surface area (Å²) in [4.78, 5) is 12.0. The van der Waals surface area contributed by atoms with E-state index in [0.29, 0.717) is 5.13 Å². The zero-order valence-electron chi connectivity index (χ0n) is 14.2. The summed E-state index contributed by atoms with van der Waals surface area (Å²) in [5.41, 5.74) is 2.94. The van der Waals surface area contributed by atoms with E-state index in [4.69, 9.17) is 0 Å². The number of fused-ring (bicyclic) bond motifs is 1. The molecule has 3 aromatic rings. The number of benzene rings is 1. The number of aromatic nitrogens is 2. The summed E-state index contributed by atoms with van der Waals surface area (Å²) < 4.78 is 27.9. The highest BCUT2D eigenvalue weighted by molar-refractivity contribution is 7.93. The van der Waals surface area contributed by atoms with Gasteiger partial charge in [0.15, 0.2) is 5.13 Å². The molecule has 6 nitrogen and oxygen atoms in total. The monoisotopic (exact) mass is 386 g/mol. The summed E-state index contributed by atoms with van der Waals surface area (Å²) >= 11 is 1.41. The van der Waals surface area contributed by atoms with Crippen LogP contribution in [0.25, 0.3) is 11.1 Å². The van der Waals surface area contributed by atoms with Crippen molar-refractivity contribution in [2.24, 2.45) is 0 Å². The first-order chi connectivity index (χ1) is 12.5. The number of pyridine rings is 1. The van der Waals surface area contributed by atoms with Crippen molar-refractivity contribution < 1.29 is 8.42 Å². The van der Waals surface area contributed by atoms with E-state index in [-0.39, 0.29) is 4.90 Å². The minimum Gasteiger partial charge on any atom is -0.301 e. The molecule has 0 aliphatic carbocycles. The van der Waals surface area contributed by atoms with Crippen LogP contribution in [0.15, 0.2) is 53.7 Å². The Balaban J connectivity index is 1.55. The fourth-order valence-corrected chi connectivity index (χ4v) is 5.23.